The van der Waals surface area contributed by atoms with E-state index in [2.05, 4.69) is 42.8 Å². The van der Waals surface area contributed by atoms with Crippen molar-refractivity contribution >= 4 is 0 Å². The van der Waals surface area contributed by atoms with Crippen LogP contribution >= 0.6 is 0 Å². The van der Waals surface area contributed by atoms with E-state index in [-0.39, 0.29) is 17.0 Å². The summed E-state index contributed by atoms with van der Waals surface area (Å²) in [6, 6.07) is 6.75. The number of hydrogen-bond donors (Lipinski definition) is 0. The zero-order valence-corrected chi connectivity index (χ0v) is 19.9. The Morgan fingerprint density at radius 2 is 1.07 bits per heavy atom. The largest absolute Gasteiger partial charge is 1.00 e. The number of aryl methyl sites for hydroxylation is 2. The first-order chi connectivity index (χ1) is 12.9. The number of nitrogens with zero attached hydrogens (tertiary/aromatic N) is 1. The van der Waals surface area contributed by atoms with Gasteiger partial charge in [-0.3, -0.25) is 0 Å². The summed E-state index contributed by atoms with van der Waals surface area (Å²) in [6.07, 6.45) is 26.1. The van der Waals surface area contributed by atoms with Gasteiger partial charge in [-0.2, -0.15) is 0 Å². The molecule has 0 amide bonds. The number of unbranched alkanes of at least 4 members (excludes halogenated alkanes) is 14. The molecule has 0 spiro atoms. The third-order valence-corrected chi connectivity index (χ3v) is 5.57. The molecule has 0 N–H and O–H groups in total. The highest BCUT2D eigenvalue weighted by Gasteiger charge is 2.08. The molecular weight excluding hydrogens is 394 g/mol. The maximum Gasteiger partial charge on any atom is 0.181 e. The van der Waals surface area contributed by atoms with E-state index in [0.717, 1.165) is 0 Å². The molecule has 0 atom stereocenters. The Labute approximate surface area is 181 Å². The van der Waals surface area contributed by atoms with E-state index in [4.69, 9.17) is 0 Å². The zero-order chi connectivity index (χ0) is 18.7. The SMILES string of the molecule is CCCCCCCCCCc1cccc[n+]1CCCCCCCCCC.[Br-]. The molecule has 0 aromatic carbocycles. The minimum atomic E-state index is 0. The number of rotatable bonds is 18. The van der Waals surface area contributed by atoms with Crippen molar-refractivity contribution in [2.75, 3.05) is 0 Å². The molecule has 0 saturated heterocycles. The lowest BCUT2D eigenvalue weighted by Crippen LogP contribution is -3.00. The molecule has 0 fully saturated rings. The van der Waals surface area contributed by atoms with E-state index in [1.807, 2.05) is 0 Å². The normalized spacial score (nSPS) is 10.7. The summed E-state index contributed by atoms with van der Waals surface area (Å²) in [5.41, 5.74) is 1.54. The predicted octanol–water partition coefficient (Wildman–Crippen LogP) is 4.80. The molecule has 1 nitrogen and oxygen atoms in total. The van der Waals surface area contributed by atoms with Gasteiger partial charge in [-0.25, -0.2) is 4.57 Å². The van der Waals surface area contributed by atoms with Crippen LogP contribution in [-0.4, -0.2) is 0 Å². The fourth-order valence-corrected chi connectivity index (χ4v) is 3.81. The van der Waals surface area contributed by atoms with E-state index < -0.39 is 0 Å². The molecule has 158 valence electrons. The minimum absolute atomic E-state index is 0. The quantitative estimate of drug-likeness (QED) is 0.228. The maximum atomic E-state index is 2.51. The standard InChI is InChI=1S/C25H46N.BrH/c1-3-5-7-9-11-13-15-17-21-25-22-18-20-24-26(25)23-19-16-14-12-10-8-6-4-2;/h18,20,22,24H,3-17,19,21,23H2,1-2H3;1H/q+1;/p-1. The van der Waals surface area contributed by atoms with Crippen LogP contribution in [0, 0.1) is 0 Å². The molecule has 0 aliphatic carbocycles. The van der Waals surface area contributed by atoms with Crippen molar-refractivity contribution in [1.82, 2.24) is 0 Å². The van der Waals surface area contributed by atoms with Crippen molar-refractivity contribution in [2.45, 2.75) is 130 Å². The van der Waals surface area contributed by atoms with Gasteiger partial charge in [-0.1, -0.05) is 103 Å². The molecular formula is C25H46BrN. The van der Waals surface area contributed by atoms with Crippen molar-refractivity contribution in [3.8, 4) is 0 Å². The summed E-state index contributed by atoms with van der Waals surface area (Å²) < 4.78 is 2.51. The molecule has 1 rings (SSSR count). The number of halogens is 1. The summed E-state index contributed by atoms with van der Waals surface area (Å²) >= 11 is 0. The summed E-state index contributed by atoms with van der Waals surface area (Å²) in [7, 11) is 0. The van der Waals surface area contributed by atoms with Crippen LogP contribution in [0.2, 0.25) is 0 Å². The maximum absolute atomic E-state index is 2.51. The molecule has 0 radical (unpaired) electrons. The first-order valence-electron chi connectivity index (χ1n) is 11.9. The molecule has 0 aliphatic heterocycles. The van der Waals surface area contributed by atoms with Gasteiger partial charge in [0.05, 0.1) is 0 Å². The predicted molar refractivity (Wildman–Crippen MR) is 116 cm³/mol. The van der Waals surface area contributed by atoms with Gasteiger partial charge in [0.25, 0.3) is 0 Å². The van der Waals surface area contributed by atoms with Crippen LogP contribution in [0.4, 0.5) is 0 Å². The molecule has 27 heavy (non-hydrogen) atoms. The summed E-state index contributed by atoms with van der Waals surface area (Å²) in [4.78, 5) is 0. The second-order valence-electron chi connectivity index (χ2n) is 8.09. The van der Waals surface area contributed by atoms with E-state index in [1.165, 1.54) is 116 Å². The number of hydrogen-bond acceptors (Lipinski definition) is 0. The highest BCUT2D eigenvalue weighted by atomic mass is 79.9. The molecule has 0 unspecified atom stereocenters. The Morgan fingerprint density at radius 1 is 0.593 bits per heavy atom. The molecule has 0 aliphatic rings. The lowest BCUT2D eigenvalue weighted by atomic mass is 10.1. The third-order valence-electron chi connectivity index (χ3n) is 5.57. The zero-order valence-electron chi connectivity index (χ0n) is 18.4. The van der Waals surface area contributed by atoms with Crippen molar-refractivity contribution < 1.29 is 21.5 Å². The molecule has 1 aromatic heterocycles. The second kappa shape index (κ2) is 20.4. The molecule has 2 heteroatoms. The van der Waals surface area contributed by atoms with Crippen LogP contribution in [0.25, 0.3) is 0 Å². The van der Waals surface area contributed by atoms with Crippen LogP contribution in [0.3, 0.4) is 0 Å². The average Bonchev–Trinajstić information content (AvgIpc) is 2.67. The van der Waals surface area contributed by atoms with Crippen molar-refractivity contribution in [3.05, 3.63) is 30.1 Å². The second-order valence-corrected chi connectivity index (χ2v) is 8.09. The third kappa shape index (κ3) is 15.3. The Balaban J connectivity index is 0.00000676. The fraction of sp³-hybridized carbons (Fsp3) is 0.800. The van der Waals surface area contributed by atoms with Gasteiger partial charge in [-0.15, -0.1) is 0 Å². The van der Waals surface area contributed by atoms with Gasteiger partial charge in [0, 0.05) is 25.0 Å². The van der Waals surface area contributed by atoms with Gasteiger partial charge in [0.2, 0.25) is 0 Å². The van der Waals surface area contributed by atoms with Crippen molar-refractivity contribution in [3.63, 3.8) is 0 Å². The van der Waals surface area contributed by atoms with E-state index in [1.54, 1.807) is 5.69 Å². The number of aromatic nitrogens is 1. The highest BCUT2D eigenvalue weighted by Crippen LogP contribution is 2.11. The lowest BCUT2D eigenvalue weighted by molar-refractivity contribution is -0.704. The molecule has 1 aromatic rings. The highest BCUT2D eigenvalue weighted by molar-refractivity contribution is 4.97. The molecule has 0 saturated carbocycles. The summed E-state index contributed by atoms with van der Waals surface area (Å²) in [5, 5.41) is 0. The van der Waals surface area contributed by atoms with Crippen molar-refractivity contribution in [2.24, 2.45) is 0 Å². The Morgan fingerprint density at radius 3 is 1.63 bits per heavy atom. The van der Waals surface area contributed by atoms with E-state index in [0.29, 0.717) is 0 Å². The Hall–Kier alpha value is -0.370. The first-order valence-corrected chi connectivity index (χ1v) is 11.9. The van der Waals surface area contributed by atoms with Gasteiger partial charge >= 0.3 is 0 Å². The lowest BCUT2D eigenvalue weighted by Gasteiger charge is -2.05. The topological polar surface area (TPSA) is 3.88 Å². The van der Waals surface area contributed by atoms with Gasteiger partial charge in [0.1, 0.15) is 6.54 Å². The minimum Gasteiger partial charge on any atom is -1.00 e. The summed E-state index contributed by atoms with van der Waals surface area (Å²) in [5.74, 6) is 0. The summed E-state index contributed by atoms with van der Waals surface area (Å²) in [6.45, 7) is 5.80. The van der Waals surface area contributed by atoms with Crippen molar-refractivity contribution in [1.29, 1.82) is 0 Å². The molecule has 1 heterocycles. The van der Waals surface area contributed by atoms with Crippen LogP contribution < -0.4 is 21.5 Å². The average molecular weight is 441 g/mol. The van der Waals surface area contributed by atoms with Crippen LogP contribution in [0.15, 0.2) is 24.4 Å². The number of pyridine rings is 1. The van der Waals surface area contributed by atoms with E-state index >= 15 is 0 Å². The smallest absolute Gasteiger partial charge is 0.181 e. The van der Waals surface area contributed by atoms with Crippen LogP contribution in [0.5, 0.6) is 0 Å². The van der Waals surface area contributed by atoms with Gasteiger partial charge in [-0.05, 0) is 12.8 Å². The molecule has 0 bridgehead atoms. The first kappa shape index (κ1) is 26.6. The van der Waals surface area contributed by atoms with Crippen LogP contribution in [-0.2, 0) is 13.0 Å². The monoisotopic (exact) mass is 439 g/mol. The van der Waals surface area contributed by atoms with Gasteiger partial charge in [0.15, 0.2) is 11.9 Å². The van der Waals surface area contributed by atoms with Gasteiger partial charge < -0.3 is 17.0 Å². The Bertz CT molecular complexity index is 380. The van der Waals surface area contributed by atoms with Crippen LogP contribution in [0.1, 0.15) is 122 Å². The fourth-order valence-electron chi connectivity index (χ4n) is 3.81. The van der Waals surface area contributed by atoms with E-state index in [9.17, 15) is 0 Å². The Kier molecular flexibility index (Phi) is 20.1.